The van der Waals surface area contributed by atoms with Gasteiger partial charge in [0.2, 0.25) is 5.91 Å². The molecule has 174 valence electrons. The van der Waals surface area contributed by atoms with E-state index in [4.69, 9.17) is 0 Å². The maximum absolute atomic E-state index is 13.2. The van der Waals surface area contributed by atoms with Crippen molar-refractivity contribution in [1.82, 2.24) is 19.4 Å². The average Bonchev–Trinajstić information content (AvgIpc) is 3.11. The molecule has 4 rings (SSSR count). The second-order valence-corrected chi connectivity index (χ2v) is 10.9. The summed E-state index contributed by atoms with van der Waals surface area (Å²) in [6, 6.07) is 0.262. The first-order valence-electron chi connectivity index (χ1n) is 11.8. The van der Waals surface area contributed by atoms with E-state index in [1.54, 1.807) is 0 Å². The molecule has 1 saturated carbocycles. The van der Waals surface area contributed by atoms with Gasteiger partial charge in [-0.3, -0.25) is 19.0 Å². The number of carbonyl (C=O) groups excluding carboxylic acids is 2. The molecule has 7 nitrogen and oxygen atoms in total. The van der Waals surface area contributed by atoms with Crippen molar-refractivity contribution in [3.63, 3.8) is 0 Å². The van der Waals surface area contributed by atoms with Crippen LogP contribution >= 0.6 is 11.3 Å². The molecule has 1 aliphatic heterocycles. The number of amides is 2. The normalized spacial score (nSPS) is 22.3. The van der Waals surface area contributed by atoms with Gasteiger partial charge in [0.05, 0.1) is 16.6 Å². The van der Waals surface area contributed by atoms with Crippen LogP contribution in [0.5, 0.6) is 0 Å². The summed E-state index contributed by atoms with van der Waals surface area (Å²) in [6.07, 6.45) is 8.19. The fourth-order valence-corrected chi connectivity index (χ4v) is 6.50. The van der Waals surface area contributed by atoms with Gasteiger partial charge in [0.15, 0.2) is 0 Å². The van der Waals surface area contributed by atoms with Gasteiger partial charge >= 0.3 is 0 Å². The summed E-state index contributed by atoms with van der Waals surface area (Å²) in [4.78, 5) is 48.6. The Labute approximate surface area is 193 Å². The SMILES string of the molecule is Cc1c(C(=O)N(C)C2CCCCC2)sc2ncn(CC(=O)N3C[C@@H](C)C[C@H](C)C3)c(=O)c12. The fourth-order valence-electron chi connectivity index (χ4n) is 5.38. The standard InChI is InChI=1S/C24H34N4O3S/c1-15-10-16(2)12-27(11-15)19(29)13-28-14-25-22-20(23(28)30)17(3)21(32-22)24(31)26(4)18-8-6-5-7-9-18/h14-16,18H,5-13H2,1-4H3/t15-,16-/m0/s1. The summed E-state index contributed by atoms with van der Waals surface area (Å²) in [7, 11) is 1.87. The number of aryl methyl sites for hydroxylation is 1. The highest BCUT2D eigenvalue weighted by molar-refractivity contribution is 7.20. The minimum atomic E-state index is -0.241. The van der Waals surface area contributed by atoms with Gasteiger partial charge in [-0.25, -0.2) is 4.98 Å². The molecule has 32 heavy (non-hydrogen) atoms. The van der Waals surface area contributed by atoms with Crippen LogP contribution in [0, 0.1) is 18.8 Å². The first kappa shape index (κ1) is 23.0. The molecule has 0 radical (unpaired) electrons. The third-order valence-electron chi connectivity index (χ3n) is 7.08. The van der Waals surface area contributed by atoms with Crippen molar-refractivity contribution in [3.05, 3.63) is 27.1 Å². The van der Waals surface area contributed by atoms with Gasteiger partial charge in [0.1, 0.15) is 11.4 Å². The minimum absolute atomic E-state index is 0.0121. The smallest absolute Gasteiger partial charge is 0.264 e. The zero-order chi connectivity index (χ0) is 23.0. The zero-order valence-corrected chi connectivity index (χ0v) is 20.4. The Morgan fingerprint density at radius 1 is 1.16 bits per heavy atom. The molecule has 2 atom stereocenters. The Balaban J connectivity index is 1.57. The highest BCUT2D eigenvalue weighted by atomic mass is 32.1. The van der Waals surface area contributed by atoms with Crippen LogP contribution in [0.2, 0.25) is 0 Å². The van der Waals surface area contributed by atoms with Crippen molar-refractivity contribution in [2.75, 3.05) is 20.1 Å². The lowest BCUT2D eigenvalue weighted by Crippen LogP contribution is -2.44. The molecule has 0 aromatic carbocycles. The maximum Gasteiger partial charge on any atom is 0.264 e. The number of aromatic nitrogens is 2. The number of thiophene rings is 1. The highest BCUT2D eigenvalue weighted by Crippen LogP contribution is 2.30. The van der Waals surface area contributed by atoms with Gasteiger partial charge < -0.3 is 9.80 Å². The predicted octanol–water partition coefficient (Wildman–Crippen LogP) is 3.68. The number of fused-ring (bicyclic) bond motifs is 1. The maximum atomic E-state index is 13.2. The second kappa shape index (κ2) is 9.33. The Bertz CT molecular complexity index is 1060. The van der Waals surface area contributed by atoms with E-state index in [0.29, 0.717) is 32.5 Å². The third-order valence-corrected chi connectivity index (χ3v) is 8.27. The monoisotopic (exact) mass is 458 g/mol. The van der Waals surface area contributed by atoms with E-state index in [-0.39, 0.29) is 30.0 Å². The zero-order valence-electron chi connectivity index (χ0n) is 19.6. The third kappa shape index (κ3) is 4.47. The van der Waals surface area contributed by atoms with E-state index in [2.05, 4.69) is 18.8 Å². The lowest BCUT2D eigenvalue weighted by atomic mass is 9.92. The van der Waals surface area contributed by atoms with E-state index in [1.807, 2.05) is 23.8 Å². The molecule has 1 saturated heterocycles. The number of nitrogens with zero attached hydrogens (tertiary/aromatic N) is 4. The lowest BCUT2D eigenvalue weighted by Gasteiger charge is -2.35. The molecule has 3 heterocycles. The van der Waals surface area contributed by atoms with Crippen LogP contribution in [0.4, 0.5) is 0 Å². The van der Waals surface area contributed by atoms with Gasteiger partial charge in [-0.05, 0) is 43.6 Å². The van der Waals surface area contributed by atoms with Gasteiger partial charge in [0, 0.05) is 26.2 Å². The molecule has 0 spiro atoms. The summed E-state index contributed by atoms with van der Waals surface area (Å²) < 4.78 is 1.40. The molecule has 0 unspecified atom stereocenters. The molecule has 1 aliphatic carbocycles. The molecule has 0 N–H and O–H groups in total. The number of rotatable bonds is 4. The topological polar surface area (TPSA) is 75.5 Å². The Morgan fingerprint density at radius 3 is 2.47 bits per heavy atom. The quantitative estimate of drug-likeness (QED) is 0.701. The molecular formula is C24H34N4O3S. The Kier molecular flexibility index (Phi) is 6.70. The van der Waals surface area contributed by atoms with Gasteiger partial charge in [-0.15, -0.1) is 11.3 Å². The fraction of sp³-hybridized carbons (Fsp3) is 0.667. The Morgan fingerprint density at radius 2 is 1.81 bits per heavy atom. The molecule has 2 fully saturated rings. The van der Waals surface area contributed by atoms with Gasteiger partial charge in [0.25, 0.3) is 11.5 Å². The van der Waals surface area contributed by atoms with E-state index >= 15 is 0 Å². The number of hydrogen-bond acceptors (Lipinski definition) is 5. The number of hydrogen-bond donors (Lipinski definition) is 0. The molecule has 2 aromatic rings. The van der Waals surface area contributed by atoms with Crippen molar-refractivity contribution >= 4 is 33.4 Å². The molecule has 8 heteroatoms. The Hall–Kier alpha value is -2.22. The molecule has 0 bridgehead atoms. The van der Waals surface area contributed by atoms with Crippen LogP contribution in [0.1, 0.15) is 67.6 Å². The summed E-state index contributed by atoms with van der Waals surface area (Å²) in [5.74, 6) is 0.853. The van der Waals surface area contributed by atoms with Crippen molar-refractivity contribution < 1.29 is 9.59 Å². The molecule has 2 amide bonds. The van der Waals surface area contributed by atoms with E-state index in [0.717, 1.165) is 45.2 Å². The van der Waals surface area contributed by atoms with Gasteiger partial charge in [-0.1, -0.05) is 33.1 Å². The summed E-state index contributed by atoms with van der Waals surface area (Å²) in [5.41, 5.74) is 0.437. The largest absolute Gasteiger partial charge is 0.341 e. The van der Waals surface area contributed by atoms with Gasteiger partial charge in [-0.2, -0.15) is 0 Å². The van der Waals surface area contributed by atoms with Crippen molar-refractivity contribution in [2.45, 2.75) is 71.9 Å². The molecular weight excluding hydrogens is 424 g/mol. The molecule has 2 aliphatic rings. The van der Waals surface area contributed by atoms with E-state index < -0.39 is 0 Å². The van der Waals surface area contributed by atoms with Crippen LogP contribution in [-0.2, 0) is 11.3 Å². The summed E-state index contributed by atoms with van der Waals surface area (Å²) in [5, 5.41) is 0.464. The van der Waals surface area contributed by atoms with Crippen LogP contribution in [0.3, 0.4) is 0 Å². The van der Waals surface area contributed by atoms with Crippen LogP contribution in [0.15, 0.2) is 11.1 Å². The van der Waals surface area contributed by atoms with E-state index in [1.165, 1.54) is 28.7 Å². The van der Waals surface area contributed by atoms with Crippen molar-refractivity contribution in [1.29, 1.82) is 0 Å². The van der Waals surface area contributed by atoms with Crippen molar-refractivity contribution in [2.24, 2.45) is 11.8 Å². The van der Waals surface area contributed by atoms with Crippen LogP contribution < -0.4 is 5.56 Å². The summed E-state index contributed by atoms with van der Waals surface area (Å²) in [6.45, 7) is 7.60. The predicted molar refractivity (Wildman–Crippen MR) is 127 cm³/mol. The number of carbonyl (C=O) groups is 2. The molecule has 2 aromatic heterocycles. The minimum Gasteiger partial charge on any atom is -0.341 e. The lowest BCUT2D eigenvalue weighted by molar-refractivity contribution is -0.134. The van der Waals surface area contributed by atoms with Crippen LogP contribution in [0.25, 0.3) is 10.2 Å². The average molecular weight is 459 g/mol. The first-order chi connectivity index (χ1) is 15.3. The van der Waals surface area contributed by atoms with Crippen LogP contribution in [-0.4, -0.2) is 57.3 Å². The highest BCUT2D eigenvalue weighted by Gasteiger charge is 2.28. The van der Waals surface area contributed by atoms with Crippen molar-refractivity contribution in [3.8, 4) is 0 Å². The second-order valence-electron chi connectivity index (χ2n) is 9.87. The number of likely N-dealkylation sites (tertiary alicyclic amines) is 1. The van der Waals surface area contributed by atoms with E-state index in [9.17, 15) is 14.4 Å². The number of piperidine rings is 1. The first-order valence-corrected chi connectivity index (χ1v) is 12.6. The summed E-state index contributed by atoms with van der Waals surface area (Å²) >= 11 is 1.28.